The molecule has 2 aromatic carbocycles. The van der Waals surface area contributed by atoms with Gasteiger partial charge >= 0.3 is 0 Å². The highest BCUT2D eigenvalue weighted by molar-refractivity contribution is 9.10. The molecule has 0 atom stereocenters. The molecule has 0 aliphatic rings. The van der Waals surface area contributed by atoms with Gasteiger partial charge < -0.3 is 4.74 Å². The molecule has 2 aromatic rings. The van der Waals surface area contributed by atoms with Crippen molar-refractivity contribution in [3.8, 4) is 5.75 Å². The normalized spacial score (nSPS) is 11.2. The first kappa shape index (κ1) is 16.3. The molecule has 0 amide bonds. The number of hydrogen-bond acceptors (Lipinski definition) is 3. The van der Waals surface area contributed by atoms with Gasteiger partial charge in [-0.25, -0.2) is 12.8 Å². The van der Waals surface area contributed by atoms with Crippen LogP contribution in [0.5, 0.6) is 5.75 Å². The molecule has 4 nitrogen and oxygen atoms in total. The van der Waals surface area contributed by atoms with Gasteiger partial charge in [0, 0.05) is 4.47 Å². The van der Waals surface area contributed by atoms with E-state index in [-0.39, 0.29) is 15.1 Å². The number of halogens is 3. The SMILES string of the molecule is COc1ccc(Br)cc1NS(=O)(=O)c1ccc(Br)c(F)c1. The highest BCUT2D eigenvalue weighted by Crippen LogP contribution is 2.30. The van der Waals surface area contributed by atoms with Crippen molar-refractivity contribution in [3.63, 3.8) is 0 Å². The van der Waals surface area contributed by atoms with Gasteiger partial charge in [-0.3, -0.25) is 4.72 Å². The van der Waals surface area contributed by atoms with Crippen molar-refractivity contribution in [2.45, 2.75) is 4.90 Å². The summed E-state index contributed by atoms with van der Waals surface area (Å²) in [5.74, 6) is -0.293. The van der Waals surface area contributed by atoms with E-state index in [1.54, 1.807) is 18.2 Å². The number of hydrogen-bond donors (Lipinski definition) is 1. The number of methoxy groups -OCH3 is 1. The number of rotatable bonds is 4. The molecule has 0 aliphatic carbocycles. The summed E-state index contributed by atoms with van der Waals surface area (Å²) < 4.78 is 46.4. The molecule has 0 saturated carbocycles. The molecule has 0 heterocycles. The van der Waals surface area contributed by atoms with Gasteiger partial charge in [0.1, 0.15) is 11.6 Å². The van der Waals surface area contributed by atoms with Crippen molar-refractivity contribution in [3.05, 3.63) is 51.2 Å². The predicted octanol–water partition coefficient (Wildman–Crippen LogP) is 4.16. The molecule has 8 heteroatoms. The molecule has 0 spiro atoms. The highest BCUT2D eigenvalue weighted by Gasteiger charge is 2.18. The van der Waals surface area contributed by atoms with Crippen LogP contribution in [-0.4, -0.2) is 15.5 Å². The second-order valence-electron chi connectivity index (χ2n) is 4.03. The lowest BCUT2D eigenvalue weighted by molar-refractivity contribution is 0.417. The Labute approximate surface area is 138 Å². The van der Waals surface area contributed by atoms with E-state index in [1.807, 2.05) is 0 Å². The summed E-state index contributed by atoms with van der Waals surface area (Å²) in [7, 11) is -2.48. The largest absolute Gasteiger partial charge is 0.495 e. The summed E-state index contributed by atoms with van der Waals surface area (Å²) in [6.45, 7) is 0. The monoisotopic (exact) mass is 437 g/mol. The van der Waals surface area contributed by atoms with Crippen LogP contribution in [0.1, 0.15) is 0 Å². The molecule has 0 bridgehead atoms. The summed E-state index contributed by atoms with van der Waals surface area (Å²) >= 11 is 6.23. The van der Waals surface area contributed by atoms with Crippen molar-refractivity contribution in [1.29, 1.82) is 0 Å². The van der Waals surface area contributed by atoms with Crippen LogP contribution in [0, 0.1) is 5.82 Å². The third-order valence-electron chi connectivity index (χ3n) is 2.61. The van der Waals surface area contributed by atoms with Gasteiger partial charge in [-0.1, -0.05) is 15.9 Å². The number of anilines is 1. The predicted molar refractivity (Wildman–Crippen MR) is 85.6 cm³/mol. The minimum Gasteiger partial charge on any atom is -0.495 e. The van der Waals surface area contributed by atoms with Crippen molar-refractivity contribution in [2.24, 2.45) is 0 Å². The van der Waals surface area contributed by atoms with E-state index in [4.69, 9.17) is 4.74 Å². The third-order valence-corrected chi connectivity index (χ3v) is 5.11. The number of sulfonamides is 1. The molecule has 0 radical (unpaired) electrons. The lowest BCUT2D eigenvalue weighted by Gasteiger charge is -2.12. The first-order chi connectivity index (χ1) is 9.83. The number of ether oxygens (including phenoxy) is 1. The standard InChI is InChI=1S/C13H10Br2FNO3S/c1-20-13-5-2-8(14)6-12(13)17-21(18,19)9-3-4-10(15)11(16)7-9/h2-7,17H,1H3. The number of nitrogens with one attached hydrogen (secondary N) is 1. The Morgan fingerprint density at radius 1 is 1.14 bits per heavy atom. The average molecular weight is 439 g/mol. The maximum atomic E-state index is 13.5. The van der Waals surface area contributed by atoms with Crippen molar-refractivity contribution in [2.75, 3.05) is 11.8 Å². The molecule has 0 unspecified atom stereocenters. The maximum Gasteiger partial charge on any atom is 0.262 e. The van der Waals surface area contributed by atoms with Crippen molar-refractivity contribution < 1.29 is 17.5 Å². The van der Waals surface area contributed by atoms with Gasteiger partial charge in [0.15, 0.2) is 0 Å². The van der Waals surface area contributed by atoms with Crippen molar-refractivity contribution >= 4 is 47.6 Å². The molecule has 2 rings (SSSR count). The fourth-order valence-corrected chi connectivity index (χ4v) is 3.29. The second-order valence-corrected chi connectivity index (χ2v) is 7.48. The lowest BCUT2D eigenvalue weighted by atomic mass is 10.3. The van der Waals surface area contributed by atoms with E-state index in [2.05, 4.69) is 36.6 Å². The van der Waals surface area contributed by atoms with Gasteiger partial charge in [0.2, 0.25) is 0 Å². The summed E-state index contributed by atoms with van der Waals surface area (Å²) in [4.78, 5) is -0.176. The van der Waals surface area contributed by atoms with E-state index >= 15 is 0 Å². The van der Waals surface area contributed by atoms with Crippen molar-refractivity contribution in [1.82, 2.24) is 0 Å². The third kappa shape index (κ3) is 3.75. The van der Waals surface area contributed by atoms with Crippen LogP contribution in [-0.2, 0) is 10.0 Å². The Hall–Kier alpha value is -1.12. The summed E-state index contributed by atoms with van der Waals surface area (Å²) in [5.41, 5.74) is 0.259. The van der Waals surface area contributed by atoms with Gasteiger partial charge in [-0.15, -0.1) is 0 Å². The summed E-state index contributed by atoms with van der Waals surface area (Å²) in [6.07, 6.45) is 0. The molecule has 0 aliphatic heterocycles. The summed E-state index contributed by atoms with van der Waals surface area (Å²) in [5, 5.41) is 0. The Bertz CT molecular complexity index is 781. The Morgan fingerprint density at radius 3 is 2.48 bits per heavy atom. The van der Waals surface area contributed by atoms with E-state index in [0.717, 1.165) is 6.07 Å². The van der Waals surface area contributed by atoms with Gasteiger partial charge in [0.25, 0.3) is 10.0 Å². The van der Waals surface area contributed by atoms with Gasteiger partial charge in [-0.05, 0) is 52.3 Å². The fourth-order valence-electron chi connectivity index (χ4n) is 1.61. The van der Waals surface area contributed by atoms with E-state index in [0.29, 0.717) is 10.2 Å². The Kier molecular flexibility index (Phi) is 4.90. The molecule has 21 heavy (non-hydrogen) atoms. The maximum absolute atomic E-state index is 13.5. The van der Waals surface area contributed by atoms with E-state index < -0.39 is 15.8 Å². The quantitative estimate of drug-likeness (QED) is 0.779. The average Bonchev–Trinajstić information content (AvgIpc) is 2.41. The molecule has 112 valence electrons. The van der Waals surface area contributed by atoms with Crippen LogP contribution in [0.25, 0.3) is 0 Å². The van der Waals surface area contributed by atoms with Crippen LogP contribution < -0.4 is 9.46 Å². The number of benzene rings is 2. The van der Waals surface area contributed by atoms with Crippen LogP contribution in [0.4, 0.5) is 10.1 Å². The zero-order chi connectivity index (χ0) is 15.6. The smallest absolute Gasteiger partial charge is 0.262 e. The molecule has 0 saturated heterocycles. The molecular formula is C13H10Br2FNO3S. The van der Waals surface area contributed by atoms with E-state index in [9.17, 15) is 12.8 Å². The molecule has 1 N–H and O–H groups in total. The van der Waals surface area contributed by atoms with Gasteiger partial charge in [0.05, 0.1) is 22.2 Å². The highest BCUT2D eigenvalue weighted by atomic mass is 79.9. The van der Waals surface area contributed by atoms with E-state index in [1.165, 1.54) is 19.2 Å². The van der Waals surface area contributed by atoms with Crippen LogP contribution in [0.2, 0.25) is 0 Å². The molecule has 0 fully saturated rings. The lowest BCUT2D eigenvalue weighted by Crippen LogP contribution is -2.14. The summed E-state index contributed by atoms with van der Waals surface area (Å²) in [6, 6.07) is 8.48. The first-order valence-electron chi connectivity index (χ1n) is 5.65. The Balaban J connectivity index is 2.41. The van der Waals surface area contributed by atoms with Crippen LogP contribution in [0.3, 0.4) is 0 Å². The zero-order valence-corrected chi connectivity index (χ0v) is 14.7. The molecular weight excluding hydrogens is 429 g/mol. The minimum atomic E-state index is -3.91. The van der Waals surface area contributed by atoms with Crippen LogP contribution in [0.15, 0.2) is 50.2 Å². The topological polar surface area (TPSA) is 55.4 Å². The Morgan fingerprint density at radius 2 is 1.86 bits per heavy atom. The molecule has 0 aromatic heterocycles. The first-order valence-corrected chi connectivity index (χ1v) is 8.72. The van der Waals surface area contributed by atoms with Crippen LogP contribution >= 0.6 is 31.9 Å². The zero-order valence-electron chi connectivity index (χ0n) is 10.7. The fraction of sp³-hybridized carbons (Fsp3) is 0.0769. The van der Waals surface area contributed by atoms with Gasteiger partial charge in [-0.2, -0.15) is 0 Å². The second kappa shape index (κ2) is 6.33. The minimum absolute atomic E-state index is 0.176.